The Morgan fingerprint density at radius 1 is 1.37 bits per heavy atom. The lowest BCUT2D eigenvalue weighted by Gasteiger charge is -2.28. The number of halogens is 4. The van der Waals surface area contributed by atoms with E-state index in [1.807, 2.05) is 0 Å². The smallest absolute Gasteiger partial charge is 0.306 e. The molecule has 1 fully saturated rings. The second kappa shape index (κ2) is 4.73. The van der Waals surface area contributed by atoms with Crippen molar-refractivity contribution >= 4 is 29.2 Å². The molecule has 0 spiro atoms. The average molecular weight is 293 g/mol. The number of hydrogen-bond acceptors (Lipinski definition) is 2. The molecule has 1 aromatic rings. The zero-order valence-corrected chi connectivity index (χ0v) is 10.2. The lowest BCUT2D eigenvalue weighted by molar-refractivity contribution is -0.137. The third-order valence-corrected chi connectivity index (χ3v) is 2.96. The van der Waals surface area contributed by atoms with Gasteiger partial charge in [-0.1, -0.05) is 11.6 Å². The van der Waals surface area contributed by atoms with Crippen LogP contribution in [0.3, 0.4) is 0 Å². The summed E-state index contributed by atoms with van der Waals surface area (Å²) in [5, 5.41) is 2.16. The van der Waals surface area contributed by atoms with Crippen LogP contribution in [0.25, 0.3) is 0 Å². The molecule has 0 unspecified atom stereocenters. The Morgan fingerprint density at radius 3 is 2.53 bits per heavy atom. The number of hydrogen-bond donors (Lipinski definition) is 1. The molecular weight excluding hydrogens is 285 g/mol. The van der Waals surface area contributed by atoms with Crippen LogP contribution in [0.5, 0.6) is 0 Å². The van der Waals surface area contributed by atoms with E-state index in [0.717, 1.165) is 23.1 Å². The van der Waals surface area contributed by atoms with Gasteiger partial charge in [-0.2, -0.15) is 13.2 Å². The monoisotopic (exact) mass is 292 g/mol. The fourth-order valence-electron chi connectivity index (χ4n) is 1.51. The molecule has 1 aliphatic rings. The maximum Gasteiger partial charge on any atom is 0.416 e. The first kappa shape index (κ1) is 13.7. The van der Waals surface area contributed by atoms with Gasteiger partial charge < -0.3 is 5.32 Å². The van der Waals surface area contributed by atoms with E-state index in [1.165, 1.54) is 0 Å². The first-order valence-electron chi connectivity index (χ1n) is 5.27. The van der Waals surface area contributed by atoms with Crippen LogP contribution in [0.1, 0.15) is 12.0 Å². The van der Waals surface area contributed by atoms with Crippen molar-refractivity contribution in [3.05, 3.63) is 28.8 Å². The molecule has 8 heteroatoms. The molecule has 0 aromatic heterocycles. The number of carbonyl (C=O) groups is 2. The van der Waals surface area contributed by atoms with Gasteiger partial charge in [0.15, 0.2) is 0 Å². The van der Waals surface area contributed by atoms with E-state index >= 15 is 0 Å². The van der Waals surface area contributed by atoms with Crippen LogP contribution in [0.2, 0.25) is 5.02 Å². The number of nitrogens with zero attached hydrogens (tertiary/aromatic N) is 1. The Kier molecular flexibility index (Phi) is 3.40. The van der Waals surface area contributed by atoms with Gasteiger partial charge in [-0.25, -0.2) is 4.79 Å². The van der Waals surface area contributed by atoms with Crippen LogP contribution in [-0.2, 0) is 11.0 Å². The zero-order valence-electron chi connectivity index (χ0n) is 9.42. The Bertz CT molecular complexity index is 545. The summed E-state index contributed by atoms with van der Waals surface area (Å²) < 4.78 is 37.5. The van der Waals surface area contributed by atoms with Gasteiger partial charge >= 0.3 is 12.2 Å². The van der Waals surface area contributed by atoms with Crippen molar-refractivity contribution in [1.29, 1.82) is 0 Å². The summed E-state index contributed by atoms with van der Waals surface area (Å²) in [5.74, 6) is -0.374. The summed E-state index contributed by atoms with van der Waals surface area (Å²) in [7, 11) is 0. The molecule has 1 heterocycles. The van der Waals surface area contributed by atoms with E-state index in [4.69, 9.17) is 11.6 Å². The standard InChI is InChI=1S/C11H8ClF3N2O2/c12-7-2-1-6(11(13,14)15)5-8(7)16-10(19)17-4-3-9(17)18/h1-2,5H,3-4H2,(H,16,19). The summed E-state index contributed by atoms with van der Waals surface area (Å²) in [6.45, 7) is 0.251. The highest BCUT2D eigenvalue weighted by atomic mass is 35.5. The lowest BCUT2D eigenvalue weighted by atomic mass is 10.2. The number of benzene rings is 1. The summed E-state index contributed by atoms with van der Waals surface area (Å²) in [6, 6.07) is 1.80. The van der Waals surface area contributed by atoms with Gasteiger partial charge in [0, 0.05) is 13.0 Å². The molecule has 0 aliphatic carbocycles. The number of alkyl halides is 3. The largest absolute Gasteiger partial charge is 0.416 e. The van der Waals surface area contributed by atoms with Crippen molar-refractivity contribution in [2.45, 2.75) is 12.6 Å². The van der Waals surface area contributed by atoms with Crippen LogP contribution in [0, 0.1) is 0 Å². The van der Waals surface area contributed by atoms with Crippen molar-refractivity contribution in [3.63, 3.8) is 0 Å². The second-order valence-corrected chi connectivity index (χ2v) is 4.33. The maximum absolute atomic E-state index is 12.5. The van der Waals surface area contributed by atoms with Gasteiger partial charge in [0.25, 0.3) is 0 Å². The highest BCUT2D eigenvalue weighted by Crippen LogP contribution is 2.34. The minimum Gasteiger partial charge on any atom is -0.306 e. The Morgan fingerprint density at radius 2 is 2.05 bits per heavy atom. The van der Waals surface area contributed by atoms with E-state index in [0.29, 0.717) is 0 Å². The van der Waals surface area contributed by atoms with E-state index in [2.05, 4.69) is 5.32 Å². The summed E-state index contributed by atoms with van der Waals surface area (Å²) in [6.07, 6.45) is -4.28. The van der Waals surface area contributed by atoms with Gasteiger partial charge in [0.1, 0.15) is 0 Å². The number of anilines is 1. The van der Waals surface area contributed by atoms with Crippen molar-refractivity contribution in [2.75, 3.05) is 11.9 Å². The SMILES string of the molecule is O=C1CCN1C(=O)Nc1cc(C(F)(F)F)ccc1Cl. The van der Waals surface area contributed by atoms with Crippen molar-refractivity contribution in [1.82, 2.24) is 4.90 Å². The normalized spacial score (nSPS) is 15.2. The number of carbonyl (C=O) groups excluding carboxylic acids is 2. The Hall–Kier alpha value is -1.76. The average Bonchev–Trinajstić information content (AvgIpc) is 2.28. The molecule has 4 nitrogen and oxygen atoms in total. The topological polar surface area (TPSA) is 49.4 Å². The molecule has 2 rings (SSSR count). The first-order valence-corrected chi connectivity index (χ1v) is 5.65. The molecule has 3 amide bonds. The van der Waals surface area contributed by atoms with Crippen LogP contribution in [0.15, 0.2) is 18.2 Å². The molecule has 1 N–H and O–H groups in total. The quantitative estimate of drug-likeness (QED) is 0.809. The Labute approximate surface area is 111 Å². The van der Waals surface area contributed by atoms with Gasteiger partial charge in [0.05, 0.1) is 16.3 Å². The zero-order chi connectivity index (χ0) is 14.2. The van der Waals surface area contributed by atoms with E-state index in [-0.39, 0.29) is 29.6 Å². The number of nitrogens with one attached hydrogen (secondary N) is 1. The van der Waals surface area contributed by atoms with Crippen molar-refractivity contribution in [3.8, 4) is 0 Å². The molecule has 102 valence electrons. The molecule has 0 atom stereocenters. The third-order valence-electron chi connectivity index (χ3n) is 2.63. The second-order valence-electron chi connectivity index (χ2n) is 3.92. The van der Waals surface area contributed by atoms with Gasteiger partial charge in [0.2, 0.25) is 5.91 Å². The minimum absolute atomic E-state index is 0.0330. The molecule has 1 saturated heterocycles. The number of urea groups is 1. The molecule has 0 saturated carbocycles. The fourth-order valence-corrected chi connectivity index (χ4v) is 1.67. The van der Waals surface area contributed by atoms with Gasteiger partial charge in [-0.15, -0.1) is 0 Å². The Balaban J connectivity index is 2.20. The highest BCUT2D eigenvalue weighted by molar-refractivity contribution is 6.33. The number of amides is 3. The van der Waals surface area contributed by atoms with Gasteiger partial charge in [-0.3, -0.25) is 9.69 Å². The van der Waals surface area contributed by atoms with Crippen LogP contribution in [0.4, 0.5) is 23.7 Å². The molecule has 1 aliphatic heterocycles. The maximum atomic E-state index is 12.5. The highest BCUT2D eigenvalue weighted by Gasteiger charge is 2.33. The molecular formula is C11H8ClF3N2O2. The molecule has 1 aromatic carbocycles. The van der Waals surface area contributed by atoms with E-state index in [9.17, 15) is 22.8 Å². The predicted molar refractivity (Wildman–Crippen MR) is 61.8 cm³/mol. The van der Waals surface area contributed by atoms with E-state index < -0.39 is 17.8 Å². The first-order chi connectivity index (χ1) is 8.79. The fraction of sp³-hybridized carbons (Fsp3) is 0.273. The third kappa shape index (κ3) is 2.81. The molecule has 19 heavy (non-hydrogen) atoms. The summed E-state index contributed by atoms with van der Waals surface area (Å²) in [5.41, 5.74) is -1.11. The summed E-state index contributed by atoms with van der Waals surface area (Å²) in [4.78, 5) is 23.5. The number of likely N-dealkylation sites (tertiary alicyclic amines) is 1. The van der Waals surface area contributed by atoms with Crippen molar-refractivity contribution in [2.24, 2.45) is 0 Å². The van der Waals surface area contributed by atoms with Gasteiger partial charge in [-0.05, 0) is 18.2 Å². The summed E-state index contributed by atoms with van der Waals surface area (Å²) >= 11 is 5.71. The number of β-lactam (4-membered cyclic amide) rings is 1. The van der Waals surface area contributed by atoms with Crippen LogP contribution in [-0.4, -0.2) is 23.4 Å². The van der Waals surface area contributed by atoms with Crippen LogP contribution >= 0.6 is 11.6 Å². The minimum atomic E-state index is -4.53. The number of imide groups is 1. The number of rotatable bonds is 1. The lowest BCUT2D eigenvalue weighted by Crippen LogP contribution is -2.49. The van der Waals surface area contributed by atoms with Crippen LogP contribution < -0.4 is 5.32 Å². The molecule has 0 bridgehead atoms. The van der Waals surface area contributed by atoms with Crippen molar-refractivity contribution < 1.29 is 22.8 Å². The predicted octanol–water partition coefficient (Wildman–Crippen LogP) is 3.12. The van der Waals surface area contributed by atoms with E-state index in [1.54, 1.807) is 0 Å². The molecule has 0 radical (unpaired) electrons.